The molecular weight excluding hydrogens is 218 g/mol. The first kappa shape index (κ1) is 13.7. The quantitative estimate of drug-likeness (QED) is 0.764. The molecule has 0 fully saturated rings. The van der Waals surface area contributed by atoms with E-state index in [0.717, 1.165) is 18.7 Å². The molecule has 0 aromatic carbocycles. The van der Waals surface area contributed by atoms with Gasteiger partial charge in [0.05, 0.1) is 12.2 Å². The molecule has 0 aliphatic heterocycles. The van der Waals surface area contributed by atoms with Gasteiger partial charge in [-0.2, -0.15) is 0 Å². The van der Waals surface area contributed by atoms with E-state index in [9.17, 15) is 4.79 Å². The molecule has 0 aliphatic rings. The van der Waals surface area contributed by atoms with Crippen molar-refractivity contribution in [2.24, 2.45) is 0 Å². The highest BCUT2D eigenvalue weighted by Gasteiger charge is 2.10. The summed E-state index contributed by atoms with van der Waals surface area (Å²) in [5, 5.41) is 3.28. The van der Waals surface area contributed by atoms with Crippen molar-refractivity contribution in [3.63, 3.8) is 0 Å². The summed E-state index contributed by atoms with van der Waals surface area (Å²) >= 11 is 0. The number of aryl methyl sites for hydroxylation is 1. The van der Waals surface area contributed by atoms with Gasteiger partial charge in [-0.1, -0.05) is 0 Å². The Kier molecular flexibility index (Phi) is 5.15. The maximum absolute atomic E-state index is 11.3. The summed E-state index contributed by atoms with van der Waals surface area (Å²) in [6.45, 7) is 4.65. The Morgan fingerprint density at radius 1 is 1.59 bits per heavy atom. The number of oxazole rings is 1. The van der Waals surface area contributed by atoms with Crippen LogP contribution in [0.5, 0.6) is 0 Å². The normalized spacial score (nSPS) is 12.5. The van der Waals surface area contributed by atoms with E-state index >= 15 is 0 Å². The highest BCUT2D eigenvalue weighted by molar-refractivity contribution is 5.75. The van der Waals surface area contributed by atoms with Gasteiger partial charge in [0.15, 0.2) is 0 Å². The number of hydrogen-bond acceptors (Lipinski definition) is 4. The molecule has 1 N–H and O–H groups in total. The van der Waals surface area contributed by atoms with Crippen LogP contribution in [-0.2, 0) is 4.79 Å². The number of nitrogens with one attached hydrogen (secondary N) is 1. The third kappa shape index (κ3) is 4.56. The summed E-state index contributed by atoms with van der Waals surface area (Å²) in [5.41, 5.74) is 0. The van der Waals surface area contributed by atoms with Crippen molar-refractivity contribution in [1.29, 1.82) is 0 Å². The molecule has 0 saturated carbocycles. The predicted molar refractivity (Wildman–Crippen MR) is 65.6 cm³/mol. The van der Waals surface area contributed by atoms with Crippen LogP contribution in [0.4, 0.5) is 0 Å². The minimum atomic E-state index is 0.0816. The molecule has 1 aromatic rings. The summed E-state index contributed by atoms with van der Waals surface area (Å²) in [7, 11) is 3.54. The van der Waals surface area contributed by atoms with Gasteiger partial charge in [0, 0.05) is 20.5 Å². The summed E-state index contributed by atoms with van der Waals surface area (Å²) in [4.78, 5) is 17.1. The molecule has 0 bridgehead atoms. The SMILES string of the molecule is Cc1cnc(C(C)NCCCC(=O)N(C)C)o1. The number of aromatic nitrogens is 1. The Balaban J connectivity index is 2.21. The number of rotatable bonds is 6. The fourth-order valence-electron chi connectivity index (χ4n) is 1.44. The second kappa shape index (κ2) is 6.39. The van der Waals surface area contributed by atoms with Crippen LogP contribution in [0.1, 0.15) is 37.5 Å². The van der Waals surface area contributed by atoms with Crippen LogP contribution in [0.25, 0.3) is 0 Å². The Hall–Kier alpha value is -1.36. The zero-order chi connectivity index (χ0) is 12.8. The lowest BCUT2D eigenvalue weighted by Gasteiger charge is -2.12. The van der Waals surface area contributed by atoms with Crippen molar-refractivity contribution >= 4 is 5.91 Å². The molecule has 0 spiro atoms. The zero-order valence-electron chi connectivity index (χ0n) is 11.0. The molecule has 5 nitrogen and oxygen atoms in total. The van der Waals surface area contributed by atoms with Crippen molar-refractivity contribution in [3.05, 3.63) is 17.8 Å². The van der Waals surface area contributed by atoms with Crippen LogP contribution in [0.3, 0.4) is 0 Å². The Morgan fingerprint density at radius 2 is 2.29 bits per heavy atom. The predicted octanol–water partition coefficient (Wildman–Crippen LogP) is 1.50. The van der Waals surface area contributed by atoms with Gasteiger partial charge in [-0.25, -0.2) is 4.98 Å². The van der Waals surface area contributed by atoms with E-state index in [0.29, 0.717) is 12.3 Å². The van der Waals surface area contributed by atoms with Crippen LogP contribution in [0, 0.1) is 6.92 Å². The third-order valence-electron chi connectivity index (χ3n) is 2.53. The number of carbonyl (C=O) groups is 1. The number of nitrogens with zero attached hydrogens (tertiary/aromatic N) is 2. The topological polar surface area (TPSA) is 58.4 Å². The smallest absolute Gasteiger partial charge is 0.222 e. The first-order chi connectivity index (χ1) is 8.00. The molecule has 1 heterocycles. The van der Waals surface area contributed by atoms with Crippen molar-refractivity contribution in [1.82, 2.24) is 15.2 Å². The molecule has 1 unspecified atom stereocenters. The van der Waals surface area contributed by atoms with Crippen LogP contribution < -0.4 is 5.32 Å². The van der Waals surface area contributed by atoms with Gasteiger partial charge >= 0.3 is 0 Å². The van der Waals surface area contributed by atoms with E-state index in [1.165, 1.54) is 0 Å². The van der Waals surface area contributed by atoms with Gasteiger partial charge in [-0.05, 0) is 26.8 Å². The van der Waals surface area contributed by atoms with Crippen molar-refractivity contribution < 1.29 is 9.21 Å². The Labute approximate surface area is 102 Å². The van der Waals surface area contributed by atoms with Crippen LogP contribution in [0.2, 0.25) is 0 Å². The maximum Gasteiger partial charge on any atom is 0.222 e. The number of hydrogen-bond donors (Lipinski definition) is 1. The lowest BCUT2D eigenvalue weighted by atomic mass is 10.2. The molecule has 0 aliphatic carbocycles. The monoisotopic (exact) mass is 239 g/mol. The molecule has 1 atom stereocenters. The second-order valence-corrected chi connectivity index (χ2v) is 4.38. The van der Waals surface area contributed by atoms with Gasteiger partial charge < -0.3 is 14.6 Å². The second-order valence-electron chi connectivity index (χ2n) is 4.38. The highest BCUT2D eigenvalue weighted by atomic mass is 16.4. The standard InChI is InChI=1S/C12H21N3O2/c1-9-8-14-12(17-9)10(2)13-7-5-6-11(16)15(3)4/h8,10,13H,5-7H2,1-4H3. The zero-order valence-corrected chi connectivity index (χ0v) is 11.0. The van der Waals surface area contributed by atoms with Gasteiger partial charge in [-0.3, -0.25) is 4.79 Å². The van der Waals surface area contributed by atoms with Crippen LogP contribution >= 0.6 is 0 Å². The lowest BCUT2D eigenvalue weighted by Crippen LogP contribution is -2.24. The van der Waals surface area contributed by atoms with Gasteiger partial charge in [0.25, 0.3) is 0 Å². The van der Waals surface area contributed by atoms with Gasteiger partial charge in [0.1, 0.15) is 5.76 Å². The van der Waals surface area contributed by atoms with Crippen molar-refractivity contribution in [2.45, 2.75) is 32.7 Å². The average molecular weight is 239 g/mol. The molecular formula is C12H21N3O2. The van der Waals surface area contributed by atoms with Crippen LogP contribution in [-0.4, -0.2) is 36.4 Å². The fraction of sp³-hybridized carbons (Fsp3) is 0.667. The molecule has 0 saturated heterocycles. The summed E-state index contributed by atoms with van der Waals surface area (Å²) in [6.07, 6.45) is 3.10. The molecule has 17 heavy (non-hydrogen) atoms. The fourth-order valence-corrected chi connectivity index (χ4v) is 1.44. The Bertz CT molecular complexity index is 360. The number of amides is 1. The minimum absolute atomic E-state index is 0.0816. The molecule has 1 rings (SSSR count). The minimum Gasteiger partial charge on any atom is -0.444 e. The van der Waals surface area contributed by atoms with Crippen molar-refractivity contribution in [3.8, 4) is 0 Å². The van der Waals surface area contributed by atoms with E-state index in [1.807, 2.05) is 13.8 Å². The molecule has 0 radical (unpaired) electrons. The maximum atomic E-state index is 11.3. The van der Waals surface area contributed by atoms with Gasteiger partial charge in [0.2, 0.25) is 11.8 Å². The molecule has 5 heteroatoms. The van der Waals surface area contributed by atoms with Crippen LogP contribution in [0.15, 0.2) is 10.6 Å². The van der Waals surface area contributed by atoms with E-state index < -0.39 is 0 Å². The summed E-state index contributed by atoms with van der Waals surface area (Å²) in [5.74, 6) is 1.67. The summed E-state index contributed by atoms with van der Waals surface area (Å²) < 4.78 is 5.41. The van der Waals surface area contributed by atoms with Crippen molar-refractivity contribution in [2.75, 3.05) is 20.6 Å². The average Bonchev–Trinajstić information content (AvgIpc) is 2.70. The van der Waals surface area contributed by atoms with E-state index in [-0.39, 0.29) is 11.9 Å². The molecule has 1 aromatic heterocycles. The van der Waals surface area contributed by atoms with Gasteiger partial charge in [-0.15, -0.1) is 0 Å². The first-order valence-corrected chi connectivity index (χ1v) is 5.86. The first-order valence-electron chi connectivity index (χ1n) is 5.86. The molecule has 1 amide bonds. The largest absolute Gasteiger partial charge is 0.444 e. The highest BCUT2D eigenvalue weighted by Crippen LogP contribution is 2.11. The summed E-state index contributed by atoms with van der Waals surface area (Å²) in [6, 6.07) is 0.0816. The molecule has 96 valence electrons. The third-order valence-corrected chi connectivity index (χ3v) is 2.53. The van der Waals surface area contributed by atoms with E-state index in [4.69, 9.17) is 4.42 Å². The van der Waals surface area contributed by atoms with E-state index in [1.54, 1.807) is 25.2 Å². The number of carbonyl (C=O) groups excluding carboxylic acids is 1. The lowest BCUT2D eigenvalue weighted by molar-refractivity contribution is -0.128. The van der Waals surface area contributed by atoms with E-state index in [2.05, 4.69) is 10.3 Å². The Morgan fingerprint density at radius 3 is 2.82 bits per heavy atom.